The fourth-order valence-corrected chi connectivity index (χ4v) is 2.55. The Bertz CT molecular complexity index is 355. The summed E-state index contributed by atoms with van der Waals surface area (Å²) in [6, 6.07) is 10.2. The van der Waals surface area contributed by atoms with E-state index in [1.165, 1.54) is 35.7 Å². The van der Waals surface area contributed by atoms with Gasteiger partial charge in [0.25, 0.3) is 0 Å². The van der Waals surface area contributed by atoms with Crippen LogP contribution in [0.4, 0.5) is 0 Å². The summed E-state index contributed by atoms with van der Waals surface area (Å²) < 4.78 is 1.20. The van der Waals surface area contributed by atoms with E-state index in [9.17, 15) is 0 Å². The van der Waals surface area contributed by atoms with Crippen LogP contribution in [0.5, 0.6) is 0 Å². The van der Waals surface area contributed by atoms with Crippen molar-refractivity contribution in [2.45, 2.75) is 37.8 Å². The van der Waals surface area contributed by atoms with Gasteiger partial charge in [0.2, 0.25) is 0 Å². The van der Waals surface area contributed by atoms with Gasteiger partial charge in [0.05, 0.1) is 0 Å². The van der Waals surface area contributed by atoms with Gasteiger partial charge in [-0.2, -0.15) is 0 Å². The zero-order chi connectivity index (χ0) is 10.3. The normalized spacial score (nSPS) is 22.7. The highest BCUT2D eigenvalue weighted by molar-refractivity contribution is 9.10. The number of rotatable bonds is 4. The topological polar surface area (TPSA) is 12.0 Å². The molecule has 1 atom stereocenters. The van der Waals surface area contributed by atoms with Crippen molar-refractivity contribution in [2.75, 3.05) is 0 Å². The molecule has 0 aromatic heterocycles. The van der Waals surface area contributed by atoms with Gasteiger partial charge >= 0.3 is 0 Å². The molecule has 0 aliphatic heterocycles. The molecule has 1 aromatic rings. The summed E-state index contributed by atoms with van der Waals surface area (Å²) in [6.07, 6.45) is 5.54. The summed E-state index contributed by atoms with van der Waals surface area (Å²) >= 11 is 3.55. The lowest BCUT2D eigenvalue weighted by Crippen LogP contribution is -2.25. The average molecular weight is 266 g/mol. The van der Waals surface area contributed by atoms with Crippen LogP contribution in [0.25, 0.3) is 0 Å². The van der Waals surface area contributed by atoms with Crippen molar-refractivity contribution in [3.05, 3.63) is 34.3 Å². The van der Waals surface area contributed by atoms with Crippen molar-refractivity contribution in [1.29, 1.82) is 0 Å². The molecular formula is C13H16BrN. The van der Waals surface area contributed by atoms with Gasteiger partial charge in [-0.3, -0.25) is 0 Å². The summed E-state index contributed by atoms with van der Waals surface area (Å²) in [6.45, 7) is 0. The minimum atomic E-state index is 0.606. The standard InChI is InChI=1S/C13H16BrN/c14-11-3-1-2-10(8-11)13(9-4-5-9)15-12-6-7-12/h1-3,8-9,12-13,15H,4-7H2. The summed E-state index contributed by atoms with van der Waals surface area (Å²) in [5.41, 5.74) is 1.46. The highest BCUT2D eigenvalue weighted by Gasteiger charge is 2.35. The van der Waals surface area contributed by atoms with Crippen LogP contribution in [-0.2, 0) is 0 Å². The van der Waals surface area contributed by atoms with Gasteiger partial charge in [-0.25, -0.2) is 0 Å². The van der Waals surface area contributed by atoms with Crippen molar-refractivity contribution in [2.24, 2.45) is 5.92 Å². The van der Waals surface area contributed by atoms with E-state index in [1.54, 1.807) is 0 Å². The predicted molar refractivity (Wildman–Crippen MR) is 65.8 cm³/mol. The van der Waals surface area contributed by atoms with E-state index >= 15 is 0 Å². The van der Waals surface area contributed by atoms with Crippen LogP contribution in [0.3, 0.4) is 0 Å². The third-order valence-corrected chi connectivity index (χ3v) is 3.79. The molecule has 3 rings (SSSR count). The smallest absolute Gasteiger partial charge is 0.0351 e. The highest BCUT2D eigenvalue weighted by atomic mass is 79.9. The summed E-state index contributed by atoms with van der Waals surface area (Å²) in [7, 11) is 0. The largest absolute Gasteiger partial charge is 0.307 e. The molecular weight excluding hydrogens is 250 g/mol. The first kappa shape index (κ1) is 9.86. The Labute approximate surface area is 99.4 Å². The lowest BCUT2D eigenvalue weighted by Gasteiger charge is -2.18. The Morgan fingerprint density at radius 1 is 1.20 bits per heavy atom. The second-order valence-electron chi connectivity index (χ2n) is 4.81. The molecule has 1 unspecified atom stereocenters. The van der Waals surface area contributed by atoms with Gasteiger partial charge in [0.1, 0.15) is 0 Å². The highest BCUT2D eigenvalue weighted by Crippen LogP contribution is 2.43. The SMILES string of the molecule is Brc1cccc(C(NC2CC2)C2CC2)c1. The van der Waals surface area contributed by atoms with Gasteiger partial charge < -0.3 is 5.32 Å². The molecule has 2 aliphatic carbocycles. The molecule has 1 nitrogen and oxygen atoms in total. The van der Waals surface area contributed by atoms with Gasteiger partial charge in [0.15, 0.2) is 0 Å². The van der Waals surface area contributed by atoms with E-state index in [2.05, 4.69) is 45.5 Å². The van der Waals surface area contributed by atoms with Crippen molar-refractivity contribution < 1.29 is 0 Å². The van der Waals surface area contributed by atoms with Crippen LogP contribution >= 0.6 is 15.9 Å². The predicted octanol–water partition coefficient (Wildman–Crippen LogP) is 3.65. The zero-order valence-electron chi connectivity index (χ0n) is 8.75. The molecule has 0 amide bonds. The van der Waals surface area contributed by atoms with Gasteiger partial charge in [-0.1, -0.05) is 28.1 Å². The number of hydrogen-bond acceptors (Lipinski definition) is 1. The molecule has 0 bridgehead atoms. The minimum Gasteiger partial charge on any atom is -0.307 e. The van der Waals surface area contributed by atoms with E-state index in [-0.39, 0.29) is 0 Å². The number of hydrogen-bond donors (Lipinski definition) is 1. The van der Waals surface area contributed by atoms with E-state index in [4.69, 9.17) is 0 Å². The molecule has 80 valence electrons. The molecule has 15 heavy (non-hydrogen) atoms. The Morgan fingerprint density at radius 3 is 2.60 bits per heavy atom. The monoisotopic (exact) mass is 265 g/mol. The molecule has 2 heteroatoms. The Kier molecular flexibility index (Phi) is 2.57. The first-order chi connectivity index (χ1) is 7.33. The van der Waals surface area contributed by atoms with Crippen LogP contribution in [0.2, 0.25) is 0 Å². The maximum Gasteiger partial charge on any atom is 0.0351 e. The number of benzene rings is 1. The third kappa shape index (κ3) is 2.43. The fourth-order valence-electron chi connectivity index (χ4n) is 2.14. The molecule has 1 N–H and O–H groups in total. The minimum absolute atomic E-state index is 0.606. The summed E-state index contributed by atoms with van der Waals surface area (Å²) in [5.74, 6) is 0.889. The summed E-state index contributed by atoms with van der Waals surface area (Å²) in [5, 5.41) is 3.78. The van der Waals surface area contributed by atoms with Gasteiger partial charge in [-0.15, -0.1) is 0 Å². The van der Waals surface area contributed by atoms with Crippen molar-refractivity contribution >= 4 is 15.9 Å². The Hall–Kier alpha value is -0.340. The van der Waals surface area contributed by atoms with E-state index in [0.29, 0.717) is 6.04 Å². The molecule has 2 fully saturated rings. The summed E-state index contributed by atoms with van der Waals surface area (Å²) in [4.78, 5) is 0. The van der Waals surface area contributed by atoms with Gasteiger partial charge in [-0.05, 0) is 49.3 Å². The maximum atomic E-state index is 3.78. The molecule has 0 saturated heterocycles. The van der Waals surface area contributed by atoms with E-state index in [0.717, 1.165) is 12.0 Å². The molecule has 2 aliphatic rings. The molecule has 0 heterocycles. The molecule has 1 aromatic carbocycles. The quantitative estimate of drug-likeness (QED) is 0.877. The van der Waals surface area contributed by atoms with E-state index in [1.807, 2.05) is 0 Å². The zero-order valence-corrected chi connectivity index (χ0v) is 10.3. The number of nitrogens with one attached hydrogen (secondary N) is 1. The van der Waals surface area contributed by atoms with Crippen LogP contribution in [0, 0.1) is 5.92 Å². The maximum absolute atomic E-state index is 3.78. The van der Waals surface area contributed by atoms with Crippen LogP contribution in [0.15, 0.2) is 28.7 Å². The lowest BCUT2D eigenvalue weighted by atomic mass is 10.0. The third-order valence-electron chi connectivity index (χ3n) is 3.29. The second kappa shape index (κ2) is 3.91. The lowest BCUT2D eigenvalue weighted by molar-refractivity contribution is 0.478. The van der Waals surface area contributed by atoms with Crippen molar-refractivity contribution in [3.8, 4) is 0 Å². The van der Waals surface area contributed by atoms with Crippen LogP contribution < -0.4 is 5.32 Å². The van der Waals surface area contributed by atoms with Crippen LogP contribution in [0.1, 0.15) is 37.3 Å². The first-order valence-corrected chi connectivity index (χ1v) is 6.64. The van der Waals surface area contributed by atoms with E-state index < -0.39 is 0 Å². The van der Waals surface area contributed by atoms with Crippen molar-refractivity contribution in [1.82, 2.24) is 5.32 Å². The van der Waals surface area contributed by atoms with Gasteiger partial charge in [0, 0.05) is 16.6 Å². The number of halogens is 1. The Morgan fingerprint density at radius 2 is 2.00 bits per heavy atom. The second-order valence-corrected chi connectivity index (χ2v) is 5.73. The molecule has 0 radical (unpaired) electrons. The molecule has 0 spiro atoms. The first-order valence-electron chi connectivity index (χ1n) is 5.84. The van der Waals surface area contributed by atoms with Crippen molar-refractivity contribution in [3.63, 3.8) is 0 Å². The average Bonchev–Trinajstić information content (AvgIpc) is 3.08. The molecule has 2 saturated carbocycles. The fraction of sp³-hybridized carbons (Fsp3) is 0.538. The van der Waals surface area contributed by atoms with Crippen LogP contribution in [-0.4, -0.2) is 6.04 Å². The Balaban J connectivity index is 1.80.